The van der Waals surface area contributed by atoms with Gasteiger partial charge in [0, 0.05) is 18.8 Å². The van der Waals surface area contributed by atoms with Gasteiger partial charge in [-0.15, -0.1) is 0 Å². The molecule has 1 aromatic heterocycles. The Kier molecular flexibility index (Phi) is 6.05. The maximum absolute atomic E-state index is 12.1. The molecule has 4 N–H and O–H groups in total. The molecule has 0 saturated heterocycles. The Morgan fingerprint density at radius 2 is 1.88 bits per heavy atom. The van der Waals surface area contributed by atoms with E-state index < -0.39 is 10.0 Å². The average Bonchev–Trinajstić information content (AvgIpc) is 2.54. The number of primary sulfonamides is 1. The van der Waals surface area contributed by atoms with Gasteiger partial charge < -0.3 is 10.6 Å². The van der Waals surface area contributed by atoms with E-state index in [4.69, 9.17) is 5.14 Å². The number of aromatic nitrogens is 2. The van der Waals surface area contributed by atoms with Crippen molar-refractivity contribution in [3.63, 3.8) is 0 Å². The van der Waals surface area contributed by atoms with Crippen LogP contribution in [0, 0.1) is 0 Å². The van der Waals surface area contributed by atoms with E-state index >= 15 is 0 Å². The standard InChI is InChI=1S/C16H21N5O3S/c1-11(2)20-16-19-10-8-14(21-16)15(22)18-9-7-12-3-5-13(6-4-12)25(17,23)24/h3-6,8,10-11H,7,9H2,1-2H3,(H,18,22)(H2,17,23,24)(H,19,20,21). The Morgan fingerprint density at radius 1 is 1.20 bits per heavy atom. The van der Waals surface area contributed by atoms with Gasteiger partial charge in [-0.25, -0.2) is 23.5 Å². The molecule has 1 aromatic carbocycles. The number of hydrogen-bond donors (Lipinski definition) is 3. The zero-order valence-electron chi connectivity index (χ0n) is 14.1. The van der Waals surface area contributed by atoms with Crippen molar-refractivity contribution >= 4 is 21.9 Å². The van der Waals surface area contributed by atoms with Gasteiger partial charge in [-0.05, 0) is 44.0 Å². The lowest BCUT2D eigenvalue weighted by molar-refractivity contribution is 0.0949. The number of anilines is 1. The van der Waals surface area contributed by atoms with Crippen molar-refractivity contribution in [1.82, 2.24) is 15.3 Å². The van der Waals surface area contributed by atoms with E-state index in [9.17, 15) is 13.2 Å². The number of rotatable bonds is 7. The fraction of sp³-hybridized carbons (Fsp3) is 0.312. The van der Waals surface area contributed by atoms with Crippen molar-refractivity contribution in [2.75, 3.05) is 11.9 Å². The highest BCUT2D eigenvalue weighted by molar-refractivity contribution is 7.89. The second-order valence-electron chi connectivity index (χ2n) is 5.76. The van der Waals surface area contributed by atoms with Crippen LogP contribution < -0.4 is 15.8 Å². The second-order valence-corrected chi connectivity index (χ2v) is 7.32. The minimum absolute atomic E-state index is 0.0615. The molecule has 0 spiro atoms. The minimum atomic E-state index is -3.69. The van der Waals surface area contributed by atoms with Crippen molar-refractivity contribution in [3.05, 3.63) is 47.8 Å². The van der Waals surface area contributed by atoms with Crippen LogP contribution in [0.4, 0.5) is 5.95 Å². The summed E-state index contributed by atoms with van der Waals surface area (Å²) >= 11 is 0. The molecule has 0 saturated carbocycles. The van der Waals surface area contributed by atoms with Gasteiger partial charge in [0.1, 0.15) is 5.69 Å². The number of benzene rings is 1. The van der Waals surface area contributed by atoms with E-state index in [1.807, 2.05) is 13.8 Å². The van der Waals surface area contributed by atoms with E-state index in [1.54, 1.807) is 18.2 Å². The molecule has 2 rings (SSSR count). The molecule has 0 aliphatic rings. The van der Waals surface area contributed by atoms with Gasteiger partial charge in [-0.2, -0.15) is 0 Å². The maximum atomic E-state index is 12.1. The van der Waals surface area contributed by atoms with Crippen molar-refractivity contribution in [1.29, 1.82) is 0 Å². The van der Waals surface area contributed by atoms with E-state index in [-0.39, 0.29) is 22.5 Å². The van der Waals surface area contributed by atoms with Gasteiger partial charge in [0.2, 0.25) is 16.0 Å². The molecule has 0 aliphatic carbocycles. The molecule has 0 atom stereocenters. The number of carbonyl (C=O) groups is 1. The third kappa shape index (κ3) is 5.80. The average molecular weight is 363 g/mol. The van der Waals surface area contributed by atoms with Crippen LogP contribution in [0.5, 0.6) is 0 Å². The molecule has 1 amide bonds. The van der Waals surface area contributed by atoms with Crippen LogP contribution in [0.15, 0.2) is 41.4 Å². The Bertz CT molecular complexity index is 835. The number of nitrogens with two attached hydrogens (primary N) is 1. The largest absolute Gasteiger partial charge is 0.352 e. The van der Waals surface area contributed by atoms with E-state index in [1.165, 1.54) is 18.3 Å². The summed E-state index contributed by atoms with van der Waals surface area (Å²) < 4.78 is 22.4. The monoisotopic (exact) mass is 363 g/mol. The summed E-state index contributed by atoms with van der Waals surface area (Å²) in [6, 6.07) is 7.94. The van der Waals surface area contributed by atoms with Gasteiger partial charge in [0.05, 0.1) is 4.90 Å². The SMILES string of the molecule is CC(C)Nc1nccc(C(=O)NCCc2ccc(S(N)(=O)=O)cc2)n1. The first-order valence-electron chi connectivity index (χ1n) is 7.75. The summed E-state index contributed by atoms with van der Waals surface area (Å²) in [7, 11) is -3.69. The molecular formula is C16H21N5O3S. The van der Waals surface area contributed by atoms with E-state index in [0.717, 1.165) is 5.56 Å². The van der Waals surface area contributed by atoms with Gasteiger partial charge in [0.25, 0.3) is 5.91 Å². The van der Waals surface area contributed by atoms with Crippen molar-refractivity contribution in [2.24, 2.45) is 5.14 Å². The first-order chi connectivity index (χ1) is 11.8. The van der Waals surface area contributed by atoms with Crippen LogP contribution in [-0.2, 0) is 16.4 Å². The summed E-state index contributed by atoms with van der Waals surface area (Å²) in [5.74, 6) is 0.108. The molecule has 9 heteroatoms. The van der Waals surface area contributed by atoms with Crippen molar-refractivity contribution in [2.45, 2.75) is 31.2 Å². The summed E-state index contributed by atoms with van der Waals surface area (Å²) in [4.78, 5) is 20.4. The molecule has 0 aliphatic heterocycles. The summed E-state index contributed by atoms with van der Waals surface area (Å²) in [5.41, 5.74) is 1.17. The lowest BCUT2D eigenvalue weighted by Gasteiger charge is -2.09. The molecule has 1 heterocycles. The van der Waals surface area contributed by atoms with Crippen LogP contribution in [0.25, 0.3) is 0 Å². The highest BCUT2D eigenvalue weighted by Gasteiger charge is 2.10. The zero-order chi connectivity index (χ0) is 18.4. The normalized spacial score (nSPS) is 11.4. The van der Waals surface area contributed by atoms with Crippen LogP contribution in [0.3, 0.4) is 0 Å². The quantitative estimate of drug-likeness (QED) is 0.671. The Labute approximate surface area is 146 Å². The smallest absolute Gasteiger partial charge is 0.270 e. The predicted molar refractivity (Wildman–Crippen MR) is 94.6 cm³/mol. The second kappa shape index (κ2) is 8.04. The third-order valence-electron chi connectivity index (χ3n) is 3.26. The molecular weight excluding hydrogens is 342 g/mol. The lowest BCUT2D eigenvalue weighted by Crippen LogP contribution is -2.27. The summed E-state index contributed by atoms with van der Waals surface area (Å²) in [5, 5.41) is 10.9. The molecule has 2 aromatic rings. The van der Waals surface area contributed by atoms with Gasteiger partial charge in [-0.1, -0.05) is 12.1 Å². The number of hydrogen-bond acceptors (Lipinski definition) is 6. The van der Waals surface area contributed by atoms with Gasteiger partial charge >= 0.3 is 0 Å². The number of carbonyl (C=O) groups excluding carboxylic acids is 1. The van der Waals surface area contributed by atoms with Gasteiger partial charge in [-0.3, -0.25) is 4.79 Å². The fourth-order valence-electron chi connectivity index (χ4n) is 2.07. The van der Waals surface area contributed by atoms with Crippen LogP contribution >= 0.6 is 0 Å². The number of nitrogens with one attached hydrogen (secondary N) is 2. The Balaban J connectivity index is 1.90. The molecule has 0 unspecified atom stereocenters. The van der Waals surface area contributed by atoms with Crippen LogP contribution in [-0.4, -0.2) is 36.9 Å². The van der Waals surface area contributed by atoms with E-state index in [0.29, 0.717) is 18.9 Å². The number of nitrogens with zero attached hydrogens (tertiary/aromatic N) is 2. The topological polar surface area (TPSA) is 127 Å². The zero-order valence-corrected chi connectivity index (χ0v) is 14.9. The molecule has 8 nitrogen and oxygen atoms in total. The third-order valence-corrected chi connectivity index (χ3v) is 4.19. The summed E-state index contributed by atoms with van der Waals surface area (Å²) in [6.07, 6.45) is 2.08. The van der Waals surface area contributed by atoms with E-state index in [2.05, 4.69) is 20.6 Å². The molecule has 0 fully saturated rings. The first kappa shape index (κ1) is 18.8. The molecule has 0 radical (unpaired) electrons. The number of amides is 1. The van der Waals surface area contributed by atoms with Crippen LogP contribution in [0.1, 0.15) is 29.9 Å². The maximum Gasteiger partial charge on any atom is 0.270 e. The molecule has 0 bridgehead atoms. The molecule has 134 valence electrons. The Morgan fingerprint density at radius 3 is 2.48 bits per heavy atom. The lowest BCUT2D eigenvalue weighted by atomic mass is 10.1. The highest BCUT2D eigenvalue weighted by atomic mass is 32.2. The van der Waals surface area contributed by atoms with Crippen molar-refractivity contribution < 1.29 is 13.2 Å². The minimum Gasteiger partial charge on any atom is -0.352 e. The fourth-order valence-corrected chi connectivity index (χ4v) is 2.59. The summed E-state index contributed by atoms with van der Waals surface area (Å²) in [6.45, 7) is 4.30. The molecule has 25 heavy (non-hydrogen) atoms. The predicted octanol–water partition coefficient (Wildman–Crippen LogP) is 0.917. The van der Waals surface area contributed by atoms with Gasteiger partial charge in [0.15, 0.2) is 0 Å². The highest BCUT2D eigenvalue weighted by Crippen LogP contribution is 2.09. The van der Waals surface area contributed by atoms with Crippen LogP contribution in [0.2, 0.25) is 0 Å². The number of sulfonamides is 1. The first-order valence-corrected chi connectivity index (χ1v) is 9.30. The Hall–Kier alpha value is -2.52. The van der Waals surface area contributed by atoms with Crippen molar-refractivity contribution in [3.8, 4) is 0 Å².